The van der Waals surface area contributed by atoms with Crippen LogP contribution in [0.25, 0.3) is 6.08 Å². The maximum atomic E-state index is 12.5. The van der Waals surface area contributed by atoms with Gasteiger partial charge in [-0.2, -0.15) is 0 Å². The van der Waals surface area contributed by atoms with E-state index in [4.69, 9.17) is 14.2 Å². The largest absolute Gasteiger partial charge is 0.504 e. The van der Waals surface area contributed by atoms with E-state index in [1.165, 1.54) is 25.3 Å². The zero-order valence-corrected chi connectivity index (χ0v) is 15.6. The average Bonchev–Trinajstić information content (AvgIpc) is 3.07. The highest BCUT2D eigenvalue weighted by atomic mass is 16.5. The number of carbonyl (C=O) groups is 1. The summed E-state index contributed by atoms with van der Waals surface area (Å²) in [6.45, 7) is 0.421. The first-order valence-electron chi connectivity index (χ1n) is 8.91. The highest BCUT2D eigenvalue weighted by molar-refractivity contribution is 6.15. The number of phenolic OH excluding ortho intramolecular Hbond substituents is 2. The third-order valence-corrected chi connectivity index (χ3v) is 4.53. The molecule has 0 spiro atoms. The van der Waals surface area contributed by atoms with Gasteiger partial charge in [-0.3, -0.25) is 4.79 Å². The number of Topliss-reactive ketones (excluding diaryl/α,β-unsaturated/α-hetero) is 1. The Kier molecular flexibility index (Phi) is 4.83. The minimum atomic E-state index is -0.462. The Labute approximate surface area is 167 Å². The van der Waals surface area contributed by atoms with Crippen molar-refractivity contribution in [2.75, 3.05) is 7.11 Å². The van der Waals surface area contributed by atoms with E-state index in [1.807, 2.05) is 30.3 Å². The lowest BCUT2D eigenvalue weighted by atomic mass is 10.1. The first kappa shape index (κ1) is 18.4. The number of methoxy groups -OCH3 is 1. The molecular formula is C23H18O6. The molecule has 0 aromatic heterocycles. The standard InChI is InChI=1S/C23H18O6/c1-27-19-12-16(28-13-14-5-3-2-4-6-14)8-7-15(19)11-20-21(25)17-9-10-18(24)22(26)23(17)29-20/h2-12,24,26H,13H2,1H3/b20-11-. The van der Waals surface area contributed by atoms with Crippen LogP contribution in [0, 0.1) is 0 Å². The van der Waals surface area contributed by atoms with Crippen LogP contribution in [-0.2, 0) is 6.61 Å². The van der Waals surface area contributed by atoms with Crippen LogP contribution in [0.2, 0.25) is 0 Å². The van der Waals surface area contributed by atoms with Gasteiger partial charge in [0.25, 0.3) is 0 Å². The van der Waals surface area contributed by atoms with Gasteiger partial charge in [-0.1, -0.05) is 30.3 Å². The molecule has 0 amide bonds. The second-order valence-electron chi connectivity index (χ2n) is 6.43. The van der Waals surface area contributed by atoms with Crippen molar-refractivity contribution in [1.29, 1.82) is 0 Å². The molecule has 146 valence electrons. The first-order chi connectivity index (χ1) is 14.1. The summed E-state index contributed by atoms with van der Waals surface area (Å²) in [5, 5.41) is 19.5. The van der Waals surface area contributed by atoms with Gasteiger partial charge in [-0.05, 0) is 35.9 Å². The van der Waals surface area contributed by atoms with Crippen LogP contribution in [-0.4, -0.2) is 23.1 Å². The molecular weight excluding hydrogens is 372 g/mol. The first-order valence-corrected chi connectivity index (χ1v) is 8.91. The van der Waals surface area contributed by atoms with E-state index in [2.05, 4.69) is 0 Å². The second kappa shape index (κ2) is 7.59. The summed E-state index contributed by atoms with van der Waals surface area (Å²) in [5.74, 6) is -0.104. The van der Waals surface area contributed by atoms with Crippen molar-refractivity contribution in [3.8, 4) is 28.7 Å². The number of aromatic hydroxyl groups is 2. The Balaban J connectivity index is 1.57. The molecule has 0 bridgehead atoms. The van der Waals surface area contributed by atoms with E-state index >= 15 is 0 Å². The lowest BCUT2D eigenvalue weighted by molar-refractivity contribution is 0.101. The number of ether oxygens (including phenoxy) is 3. The van der Waals surface area contributed by atoms with Gasteiger partial charge in [-0.25, -0.2) is 0 Å². The lowest BCUT2D eigenvalue weighted by Crippen LogP contribution is -1.99. The number of hydrogen-bond acceptors (Lipinski definition) is 6. The molecule has 1 aliphatic heterocycles. The molecule has 0 aliphatic carbocycles. The van der Waals surface area contributed by atoms with E-state index in [1.54, 1.807) is 18.2 Å². The van der Waals surface area contributed by atoms with Crippen molar-refractivity contribution in [1.82, 2.24) is 0 Å². The maximum absolute atomic E-state index is 12.5. The van der Waals surface area contributed by atoms with Crippen LogP contribution in [0.5, 0.6) is 28.7 Å². The van der Waals surface area contributed by atoms with Crippen LogP contribution >= 0.6 is 0 Å². The highest BCUT2D eigenvalue weighted by Crippen LogP contribution is 2.44. The summed E-state index contributed by atoms with van der Waals surface area (Å²) in [7, 11) is 1.52. The zero-order valence-electron chi connectivity index (χ0n) is 15.6. The summed E-state index contributed by atoms with van der Waals surface area (Å²) in [4.78, 5) is 12.5. The third-order valence-electron chi connectivity index (χ3n) is 4.53. The summed E-state index contributed by atoms with van der Waals surface area (Å²) in [5.41, 5.74) is 1.84. The molecule has 6 nitrogen and oxygen atoms in total. The Bertz CT molecular complexity index is 1100. The SMILES string of the molecule is COc1cc(OCc2ccccc2)ccc1/C=C1\Oc2c(ccc(O)c2O)C1=O. The van der Waals surface area contributed by atoms with Gasteiger partial charge in [0.15, 0.2) is 17.3 Å². The van der Waals surface area contributed by atoms with E-state index in [0.717, 1.165) is 5.56 Å². The fraction of sp³-hybridized carbons (Fsp3) is 0.0870. The number of rotatable bonds is 5. The molecule has 4 rings (SSSR count). The van der Waals surface area contributed by atoms with Crippen molar-refractivity contribution in [3.63, 3.8) is 0 Å². The van der Waals surface area contributed by atoms with E-state index in [-0.39, 0.29) is 28.6 Å². The topological polar surface area (TPSA) is 85.2 Å². The van der Waals surface area contributed by atoms with E-state index in [9.17, 15) is 15.0 Å². The van der Waals surface area contributed by atoms with Crippen LogP contribution < -0.4 is 14.2 Å². The van der Waals surface area contributed by atoms with Gasteiger partial charge >= 0.3 is 0 Å². The third kappa shape index (κ3) is 3.60. The van der Waals surface area contributed by atoms with Gasteiger partial charge in [-0.15, -0.1) is 0 Å². The summed E-state index contributed by atoms with van der Waals surface area (Å²) >= 11 is 0. The molecule has 1 aliphatic rings. The van der Waals surface area contributed by atoms with Crippen LogP contribution in [0.3, 0.4) is 0 Å². The molecule has 0 radical (unpaired) electrons. The Morgan fingerprint density at radius 2 is 1.83 bits per heavy atom. The fourth-order valence-corrected chi connectivity index (χ4v) is 3.01. The summed E-state index contributed by atoms with van der Waals surface area (Å²) < 4.78 is 16.7. The molecule has 0 saturated heterocycles. The predicted molar refractivity (Wildman–Crippen MR) is 106 cm³/mol. The molecule has 3 aromatic rings. The van der Waals surface area contributed by atoms with Crippen LogP contribution in [0.15, 0.2) is 66.4 Å². The molecule has 0 saturated carbocycles. The second-order valence-corrected chi connectivity index (χ2v) is 6.43. The molecule has 3 aromatic carbocycles. The fourth-order valence-electron chi connectivity index (χ4n) is 3.01. The minimum absolute atomic E-state index is 0.0251. The van der Waals surface area contributed by atoms with Crippen molar-refractivity contribution in [3.05, 3.63) is 83.1 Å². The number of carbonyl (C=O) groups excluding carboxylic acids is 1. The number of fused-ring (bicyclic) bond motifs is 1. The van der Waals surface area contributed by atoms with Gasteiger partial charge in [0.2, 0.25) is 11.5 Å². The van der Waals surface area contributed by atoms with Gasteiger partial charge in [0.1, 0.15) is 18.1 Å². The minimum Gasteiger partial charge on any atom is -0.504 e. The van der Waals surface area contributed by atoms with Gasteiger partial charge in [0, 0.05) is 11.6 Å². The van der Waals surface area contributed by atoms with Crippen LogP contribution in [0.1, 0.15) is 21.5 Å². The lowest BCUT2D eigenvalue weighted by Gasteiger charge is -2.10. The van der Waals surface area contributed by atoms with Gasteiger partial charge < -0.3 is 24.4 Å². The number of allylic oxidation sites excluding steroid dienone is 1. The van der Waals surface area contributed by atoms with E-state index in [0.29, 0.717) is 23.7 Å². The number of hydrogen-bond donors (Lipinski definition) is 2. The molecule has 2 N–H and O–H groups in total. The summed E-state index contributed by atoms with van der Waals surface area (Å²) in [6, 6.07) is 17.7. The molecule has 0 atom stereocenters. The van der Waals surface area contributed by atoms with Gasteiger partial charge in [0.05, 0.1) is 12.7 Å². The Morgan fingerprint density at radius 1 is 1.03 bits per heavy atom. The van der Waals surface area contributed by atoms with E-state index < -0.39 is 5.75 Å². The quantitative estimate of drug-likeness (QED) is 0.499. The van der Waals surface area contributed by atoms with Crippen molar-refractivity contribution < 1.29 is 29.2 Å². The Morgan fingerprint density at radius 3 is 2.59 bits per heavy atom. The number of benzene rings is 3. The number of phenols is 2. The predicted octanol–water partition coefficient (Wildman–Crippen LogP) is 4.30. The smallest absolute Gasteiger partial charge is 0.232 e. The van der Waals surface area contributed by atoms with Crippen LogP contribution in [0.4, 0.5) is 0 Å². The van der Waals surface area contributed by atoms with Crippen molar-refractivity contribution >= 4 is 11.9 Å². The Hall–Kier alpha value is -3.93. The normalized spacial score (nSPS) is 13.8. The van der Waals surface area contributed by atoms with Crippen molar-refractivity contribution in [2.45, 2.75) is 6.61 Å². The molecule has 0 unspecified atom stereocenters. The average molecular weight is 390 g/mol. The van der Waals surface area contributed by atoms with Crippen molar-refractivity contribution in [2.24, 2.45) is 0 Å². The summed E-state index contributed by atoms with van der Waals surface area (Å²) in [6.07, 6.45) is 1.53. The molecule has 6 heteroatoms. The number of ketones is 1. The molecule has 1 heterocycles. The maximum Gasteiger partial charge on any atom is 0.232 e. The molecule has 0 fully saturated rings. The highest BCUT2D eigenvalue weighted by Gasteiger charge is 2.31. The molecule has 29 heavy (non-hydrogen) atoms. The monoisotopic (exact) mass is 390 g/mol. The zero-order chi connectivity index (χ0) is 20.4.